The number of hydrogen-bond donors (Lipinski definition) is 1. The zero-order valence-corrected chi connectivity index (χ0v) is 14.6. The minimum atomic E-state index is -0.879. The molecular formula is C17H15Cl2F2N3O. The maximum absolute atomic E-state index is 13.3. The minimum absolute atomic E-state index is 0.261. The summed E-state index contributed by atoms with van der Waals surface area (Å²) in [6.07, 6.45) is 0. The molecule has 0 radical (unpaired) electrons. The SMILES string of the molecule is O=C(Nc1cc(Cl)cc(Cl)c1)N1CCN(c2ccc(F)c(F)c2)CC1. The molecule has 0 bridgehead atoms. The highest BCUT2D eigenvalue weighted by molar-refractivity contribution is 6.35. The van der Waals surface area contributed by atoms with E-state index in [0.29, 0.717) is 47.6 Å². The molecule has 3 rings (SSSR count). The molecule has 2 amide bonds. The molecule has 25 heavy (non-hydrogen) atoms. The van der Waals surface area contributed by atoms with Crippen LogP contribution < -0.4 is 10.2 Å². The summed E-state index contributed by atoms with van der Waals surface area (Å²) >= 11 is 11.8. The first-order valence-electron chi connectivity index (χ1n) is 7.64. The number of hydrogen-bond acceptors (Lipinski definition) is 2. The molecule has 132 valence electrons. The molecule has 8 heteroatoms. The van der Waals surface area contributed by atoms with Gasteiger partial charge in [0.2, 0.25) is 0 Å². The van der Waals surface area contributed by atoms with Gasteiger partial charge in [-0.3, -0.25) is 0 Å². The lowest BCUT2D eigenvalue weighted by Crippen LogP contribution is -2.50. The minimum Gasteiger partial charge on any atom is -0.368 e. The van der Waals surface area contributed by atoms with Gasteiger partial charge in [0, 0.05) is 53.7 Å². The average molecular weight is 386 g/mol. The third-order valence-corrected chi connectivity index (χ3v) is 4.39. The van der Waals surface area contributed by atoms with Crippen LogP contribution in [0.5, 0.6) is 0 Å². The summed E-state index contributed by atoms with van der Waals surface area (Å²) in [7, 11) is 0. The van der Waals surface area contributed by atoms with Crippen molar-refractivity contribution in [2.75, 3.05) is 36.4 Å². The molecular weight excluding hydrogens is 371 g/mol. The number of carbonyl (C=O) groups is 1. The molecule has 1 aliphatic rings. The number of nitrogens with one attached hydrogen (secondary N) is 1. The van der Waals surface area contributed by atoms with Gasteiger partial charge < -0.3 is 15.1 Å². The second-order valence-electron chi connectivity index (χ2n) is 5.66. The molecule has 0 unspecified atom stereocenters. The van der Waals surface area contributed by atoms with Crippen molar-refractivity contribution in [1.29, 1.82) is 0 Å². The van der Waals surface area contributed by atoms with Crippen LogP contribution in [0, 0.1) is 11.6 Å². The smallest absolute Gasteiger partial charge is 0.321 e. The summed E-state index contributed by atoms with van der Waals surface area (Å²) < 4.78 is 26.4. The normalized spacial score (nSPS) is 14.6. The maximum atomic E-state index is 13.3. The number of rotatable bonds is 2. The van der Waals surface area contributed by atoms with Crippen molar-refractivity contribution in [2.45, 2.75) is 0 Å². The quantitative estimate of drug-likeness (QED) is 0.817. The molecule has 0 aliphatic carbocycles. The molecule has 1 aliphatic heterocycles. The van der Waals surface area contributed by atoms with Gasteiger partial charge in [0.15, 0.2) is 11.6 Å². The molecule has 1 heterocycles. The highest BCUT2D eigenvalue weighted by Gasteiger charge is 2.22. The average Bonchev–Trinajstić information content (AvgIpc) is 2.56. The summed E-state index contributed by atoms with van der Waals surface area (Å²) in [5.41, 5.74) is 1.12. The molecule has 1 saturated heterocycles. The van der Waals surface area contributed by atoms with Crippen molar-refractivity contribution >= 4 is 40.6 Å². The van der Waals surface area contributed by atoms with E-state index in [1.807, 2.05) is 4.90 Å². The molecule has 1 N–H and O–H groups in total. The van der Waals surface area contributed by atoms with Crippen molar-refractivity contribution in [3.8, 4) is 0 Å². The van der Waals surface area contributed by atoms with Crippen molar-refractivity contribution in [3.63, 3.8) is 0 Å². The van der Waals surface area contributed by atoms with Gasteiger partial charge in [-0.2, -0.15) is 0 Å². The molecule has 2 aromatic rings. The monoisotopic (exact) mass is 385 g/mol. The number of halogens is 4. The van der Waals surface area contributed by atoms with Crippen LogP contribution in [0.2, 0.25) is 10.0 Å². The molecule has 1 fully saturated rings. The van der Waals surface area contributed by atoms with Crippen LogP contribution in [0.1, 0.15) is 0 Å². The first kappa shape index (κ1) is 17.8. The molecule has 0 atom stereocenters. The highest BCUT2D eigenvalue weighted by Crippen LogP contribution is 2.23. The Hall–Kier alpha value is -2.05. The summed E-state index contributed by atoms with van der Waals surface area (Å²) in [5, 5.41) is 3.63. The van der Waals surface area contributed by atoms with E-state index >= 15 is 0 Å². The van der Waals surface area contributed by atoms with Crippen LogP contribution >= 0.6 is 23.2 Å². The number of urea groups is 1. The van der Waals surface area contributed by atoms with Gasteiger partial charge in [0.05, 0.1) is 0 Å². The van der Waals surface area contributed by atoms with Gasteiger partial charge in [0.25, 0.3) is 0 Å². The first-order chi connectivity index (χ1) is 11.9. The second-order valence-corrected chi connectivity index (χ2v) is 6.53. The second kappa shape index (κ2) is 7.45. The molecule has 4 nitrogen and oxygen atoms in total. The lowest BCUT2D eigenvalue weighted by molar-refractivity contribution is 0.208. The van der Waals surface area contributed by atoms with Gasteiger partial charge >= 0.3 is 6.03 Å². The Kier molecular flexibility index (Phi) is 5.30. The number of nitrogens with zero attached hydrogens (tertiary/aromatic N) is 2. The van der Waals surface area contributed by atoms with Crippen LogP contribution in [0.15, 0.2) is 36.4 Å². The predicted octanol–water partition coefficient (Wildman–Crippen LogP) is 4.63. The number of carbonyl (C=O) groups excluding carboxylic acids is 1. The van der Waals surface area contributed by atoms with E-state index in [0.717, 1.165) is 6.07 Å². The fraction of sp³-hybridized carbons (Fsp3) is 0.235. The molecule has 0 spiro atoms. The van der Waals surface area contributed by atoms with E-state index in [2.05, 4.69) is 5.32 Å². The Balaban J connectivity index is 1.59. The van der Waals surface area contributed by atoms with Crippen LogP contribution in [0.25, 0.3) is 0 Å². The lowest BCUT2D eigenvalue weighted by atomic mass is 10.2. The standard InChI is InChI=1S/C17H15Cl2F2N3O/c18-11-7-12(19)9-13(8-11)22-17(25)24-5-3-23(4-6-24)14-1-2-15(20)16(21)10-14/h1-2,7-10H,3-6H2,(H,22,25). The van der Waals surface area contributed by atoms with Crippen molar-refractivity contribution in [3.05, 3.63) is 58.1 Å². The third kappa shape index (κ3) is 4.32. The number of piperazine rings is 1. The topological polar surface area (TPSA) is 35.6 Å². The predicted molar refractivity (Wildman–Crippen MR) is 95.6 cm³/mol. The fourth-order valence-electron chi connectivity index (χ4n) is 2.68. The van der Waals surface area contributed by atoms with Gasteiger partial charge in [-0.25, -0.2) is 13.6 Å². The van der Waals surface area contributed by atoms with Crippen molar-refractivity contribution < 1.29 is 13.6 Å². The Morgan fingerprint density at radius 3 is 2.16 bits per heavy atom. The zero-order chi connectivity index (χ0) is 18.0. The third-order valence-electron chi connectivity index (χ3n) is 3.95. The summed E-state index contributed by atoms with van der Waals surface area (Å²) in [5.74, 6) is -1.75. The first-order valence-corrected chi connectivity index (χ1v) is 8.40. The zero-order valence-electron chi connectivity index (χ0n) is 13.1. The molecule has 0 aromatic heterocycles. The lowest BCUT2D eigenvalue weighted by Gasteiger charge is -2.36. The number of benzene rings is 2. The summed E-state index contributed by atoms with van der Waals surface area (Å²) in [6.45, 7) is 1.96. The van der Waals surface area contributed by atoms with Crippen LogP contribution in [0.4, 0.5) is 25.0 Å². The van der Waals surface area contributed by atoms with Crippen LogP contribution in [-0.4, -0.2) is 37.1 Å². The summed E-state index contributed by atoms with van der Waals surface area (Å²) in [6, 6.07) is 8.35. The number of anilines is 2. The van der Waals surface area contributed by atoms with Gasteiger partial charge in [0.1, 0.15) is 0 Å². The Bertz CT molecular complexity index is 775. The van der Waals surface area contributed by atoms with E-state index in [-0.39, 0.29) is 6.03 Å². The van der Waals surface area contributed by atoms with Gasteiger partial charge in [-0.05, 0) is 30.3 Å². The Morgan fingerprint density at radius 2 is 1.56 bits per heavy atom. The van der Waals surface area contributed by atoms with E-state index in [1.54, 1.807) is 23.1 Å². The van der Waals surface area contributed by atoms with Crippen LogP contribution in [0.3, 0.4) is 0 Å². The molecule has 2 aromatic carbocycles. The highest BCUT2D eigenvalue weighted by atomic mass is 35.5. The van der Waals surface area contributed by atoms with Crippen molar-refractivity contribution in [2.24, 2.45) is 0 Å². The van der Waals surface area contributed by atoms with E-state index < -0.39 is 11.6 Å². The van der Waals surface area contributed by atoms with E-state index in [9.17, 15) is 13.6 Å². The van der Waals surface area contributed by atoms with E-state index in [4.69, 9.17) is 23.2 Å². The van der Waals surface area contributed by atoms with Crippen LogP contribution in [-0.2, 0) is 0 Å². The van der Waals surface area contributed by atoms with Gasteiger partial charge in [-0.15, -0.1) is 0 Å². The molecule has 0 saturated carbocycles. The maximum Gasteiger partial charge on any atom is 0.321 e. The number of amides is 2. The fourth-order valence-corrected chi connectivity index (χ4v) is 3.20. The Labute approximate surface area is 153 Å². The summed E-state index contributed by atoms with van der Waals surface area (Å²) in [4.78, 5) is 15.9. The Morgan fingerprint density at radius 1 is 0.920 bits per heavy atom. The van der Waals surface area contributed by atoms with E-state index in [1.165, 1.54) is 12.1 Å². The van der Waals surface area contributed by atoms with Gasteiger partial charge in [-0.1, -0.05) is 23.2 Å². The largest absolute Gasteiger partial charge is 0.368 e. The van der Waals surface area contributed by atoms with Crippen molar-refractivity contribution in [1.82, 2.24) is 4.90 Å².